The van der Waals surface area contributed by atoms with Gasteiger partial charge in [0.2, 0.25) is 0 Å². The highest BCUT2D eigenvalue weighted by Gasteiger charge is 2.59. The van der Waals surface area contributed by atoms with Crippen molar-refractivity contribution < 1.29 is 14.6 Å². The van der Waals surface area contributed by atoms with Gasteiger partial charge >= 0.3 is 0 Å². The van der Waals surface area contributed by atoms with Crippen LogP contribution in [0.3, 0.4) is 0 Å². The Bertz CT molecular complexity index is 666. The first kappa shape index (κ1) is 22.8. The summed E-state index contributed by atoms with van der Waals surface area (Å²) in [6.45, 7) is 10.4. The van der Waals surface area contributed by atoms with Gasteiger partial charge in [-0.3, -0.25) is 0 Å². The normalized spacial score (nSPS) is 45.7. The number of halogens is 1. The minimum atomic E-state index is -1.50. The van der Waals surface area contributed by atoms with Gasteiger partial charge in [-0.25, -0.2) is 4.39 Å². The van der Waals surface area contributed by atoms with Gasteiger partial charge in [-0.2, -0.15) is 0 Å². The summed E-state index contributed by atoms with van der Waals surface area (Å²) < 4.78 is 14.1. The Kier molecular flexibility index (Phi) is 5.97. The molecule has 9 atom stereocenters. The lowest BCUT2D eigenvalue weighted by molar-refractivity contribution is -0.0589. The molecule has 4 aliphatic carbocycles. The Balaban J connectivity index is 1.47. The van der Waals surface area contributed by atoms with Crippen LogP contribution in [0.15, 0.2) is 11.6 Å². The van der Waals surface area contributed by atoms with E-state index in [4.69, 9.17) is 0 Å². The lowest BCUT2D eigenvalue weighted by Gasteiger charge is -2.58. The fraction of sp³-hybridized carbons (Fsp3) is 0.926. The molecule has 2 nitrogen and oxygen atoms in total. The minimum Gasteiger partial charge on any atom is -0.393 e. The van der Waals surface area contributed by atoms with Crippen molar-refractivity contribution in [1.29, 1.82) is 0 Å². The number of alkyl halides is 1. The fourth-order valence-electron chi connectivity index (χ4n) is 8.58. The molecule has 0 radical (unpaired) electrons. The van der Waals surface area contributed by atoms with Crippen molar-refractivity contribution in [3.63, 3.8) is 0 Å². The Labute approximate surface area is 183 Å². The van der Waals surface area contributed by atoms with Gasteiger partial charge in [0, 0.05) is 0 Å². The molecule has 0 saturated heterocycles. The van der Waals surface area contributed by atoms with Crippen molar-refractivity contribution in [1.82, 2.24) is 0 Å². The number of hydrogen-bond donors (Lipinski definition) is 2. The minimum absolute atomic E-state index is 0.129. The third kappa shape index (κ3) is 3.70. The Morgan fingerprint density at radius 1 is 1.10 bits per heavy atom. The maximum Gasteiger partial charge on any atom is 0.131 e. The summed E-state index contributed by atoms with van der Waals surface area (Å²) in [5, 5.41) is 20.4. The zero-order valence-electron chi connectivity index (χ0n) is 20.0. The molecule has 4 rings (SSSR count). The van der Waals surface area contributed by atoms with Crippen LogP contribution in [0.1, 0.15) is 98.8 Å². The van der Waals surface area contributed by atoms with Gasteiger partial charge in [-0.15, -0.1) is 0 Å². The van der Waals surface area contributed by atoms with Crippen LogP contribution in [0.5, 0.6) is 0 Å². The Hall–Kier alpha value is -0.410. The van der Waals surface area contributed by atoms with E-state index in [0.29, 0.717) is 29.1 Å². The van der Waals surface area contributed by atoms with Crippen molar-refractivity contribution in [2.24, 2.45) is 40.4 Å². The summed E-state index contributed by atoms with van der Waals surface area (Å²) in [4.78, 5) is 0. The van der Waals surface area contributed by atoms with E-state index in [1.807, 2.05) is 0 Å². The van der Waals surface area contributed by atoms with E-state index in [1.165, 1.54) is 46.0 Å². The standard InChI is InChI=1S/C27H45FO2/c1-17(6-11-24(30)25(2,3)28)21-9-10-22-20-8-7-18-16-19(29)12-14-26(18,4)23(20)13-15-27(21,22)5/h7,17,19-24,29-30H,6,8-16H2,1-5H3/t17-,19?,20+,21-,22+,23+,24?,26+,27-/m1/s1. The van der Waals surface area contributed by atoms with Gasteiger partial charge in [0.05, 0.1) is 12.2 Å². The van der Waals surface area contributed by atoms with E-state index in [2.05, 4.69) is 26.8 Å². The van der Waals surface area contributed by atoms with E-state index in [-0.39, 0.29) is 6.10 Å². The van der Waals surface area contributed by atoms with E-state index in [9.17, 15) is 14.6 Å². The smallest absolute Gasteiger partial charge is 0.131 e. The average molecular weight is 421 g/mol. The van der Waals surface area contributed by atoms with Crippen molar-refractivity contribution in [2.75, 3.05) is 0 Å². The first-order chi connectivity index (χ1) is 14.0. The molecule has 0 aromatic carbocycles. The molecule has 2 N–H and O–H groups in total. The number of rotatable bonds is 5. The molecule has 3 fully saturated rings. The molecule has 0 bridgehead atoms. The van der Waals surface area contributed by atoms with Crippen molar-refractivity contribution in [2.45, 2.75) is 117 Å². The topological polar surface area (TPSA) is 40.5 Å². The van der Waals surface area contributed by atoms with Crippen LogP contribution in [-0.2, 0) is 0 Å². The van der Waals surface area contributed by atoms with Crippen molar-refractivity contribution >= 4 is 0 Å². The van der Waals surface area contributed by atoms with Gasteiger partial charge in [0.1, 0.15) is 5.67 Å². The molecule has 30 heavy (non-hydrogen) atoms. The Morgan fingerprint density at radius 3 is 2.53 bits per heavy atom. The molecular formula is C27H45FO2. The summed E-state index contributed by atoms with van der Waals surface area (Å²) in [5.41, 5.74) is 0.753. The molecule has 3 heteroatoms. The van der Waals surface area contributed by atoms with Crippen molar-refractivity contribution in [3.05, 3.63) is 11.6 Å². The van der Waals surface area contributed by atoms with Gasteiger partial charge in [-0.1, -0.05) is 32.4 Å². The summed E-state index contributed by atoms with van der Waals surface area (Å²) in [6, 6.07) is 0. The molecule has 0 aliphatic heterocycles. The molecular weight excluding hydrogens is 375 g/mol. The number of hydrogen-bond acceptors (Lipinski definition) is 2. The SMILES string of the molecule is C[C@H](CCC(O)C(C)(C)F)[C@H]1CC[C@H]2[C@@H]3CC=C4CC(O)CC[C@]4(C)[C@H]3CC[C@]12C. The van der Waals surface area contributed by atoms with Crippen LogP contribution in [-0.4, -0.2) is 28.1 Å². The first-order valence-corrected chi connectivity index (χ1v) is 12.7. The summed E-state index contributed by atoms with van der Waals surface area (Å²) >= 11 is 0. The fourth-order valence-corrected chi connectivity index (χ4v) is 8.58. The van der Waals surface area contributed by atoms with Crippen LogP contribution in [0, 0.1) is 40.4 Å². The predicted molar refractivity (Wildman–Crippen MR) is 121 cm³/mol. The molecule has 172 valence electrons. The van der Waals surface area contributed by atoms with Crippen LogP contribution in [0.25, 0.3) is 0 Å². The second-order valence-electron chi connectivity index (χ2n) is 12.5. The molecule has 0 heterocycles. The number of aliphatic hydroxyl groups is 2. The highest BCUT2D eigenvalue weighted by Crippen LogP contribution is 2.67. The highest BCUT2D eigenvalue weighted by atomic mass is 19.1. The van der Waals surface area contributed by atoms with E-state index in [1.54, 1.807) is 5.57 Å². The molecule has 4 aliphatic rings. The van der Waals surface area contributed by atoms with Crippen molar-refractivity contribution in [3.8, 4) is 0 Å². The summed E-state index contributed by atoms with van der Waals surface area (Å²) in [5.74, 6) is 3.62. The lowest BCUT2D eigenvalue weighted by atomic mass is 9.47. The second kappa shape index (κ2) is 7.87. The van der Waals surface area contributed by atoms with Gasteiger partial charge < -0.3 is 10.2 Å². The van der Waals surface area contributed by atoms with Gasteiger partial charge in [0.15, 0.2) is 0 Å². The average Bonchev–Trinajstić information content (AvgIpc) is 3.03. The number of fused-ring (bicyclic) bond motifs is 5. The second-order valence-corrected chi connectivity index (χ2v) is 12.5. The molecule has 0 aromatic heterocycles. The van der Waals surface area contributed by atoms with Crippen LogP contribution in [0.4, 0.5) is 4.39 Å². The molecule has 0 spiro atoms. The predicted octanol–water partition coefficient (Wildman–Crippen LogP) is 6.45. The number of allylic oxidation sites excluding steroid dienone is 1. The zero-order chi connectivity index (χ0) is 21.9. The van der Waals surface area contributed by atoms with Gasteiger partial charge in [0.25, 0.3) is 0 Å². The first-order valence-electron chi connectivity index (χ1n) is 12.7. The molecule has 3 saturated carbocycles. The van der Waals surface area contributed by atoms with E-state index >= 15 is 0 Å². The zero-order valence-corrected chi connectivity index (χ0v) is 20.0. The molecule has 0 aromatic rings. The van der Waals surface area contributed by atoms with Crippen LogP contribution in [0.2, 0.25) is 0 Å². The monoisotopic (exact) mass is 420 g/mol. The largest absolute Gasteiger partial charge is 0.393 e. The van der Waals surface area contributed by atoms with E-state index in [0.717, 1.165) is 43.4 Å². The van der Waals surface area contributed by atoms with Gasteiger partial charge in [-0.05, 0) is 118 Å². The maximum absolute atomic E-state index is 14.1. The molecule has 2 unspecified atom stereocenters. The summed E-state index contributed by atoms with van der Waals surface area (Å²) in [6.07, 6.45) is 12.5. The quantitative estimate of drug-likeness (QED) is 0.502. The third-order valence-corrected chi connectivity index (χ3v) is 10.5. The van der Waals surface area contributed by atoms with Crippen LogP contribution >= 0.6 is 0 Å². The maximum atomic E-state index is 14.1. The lowest BCUT2D eigenvalue weighted by Crippen LogP contribution is -2.50. The van der Waals surface area contributed by atoms with Crippen LogP contribution < -0.4 is 0 Å². The number of aliphatic hydroxyl groups excluding tert-OH is 2. The molecule has 0 amide bonds. The third-order valence-electron chi connectivity index (χ3n) is 10.5. The highest BCUT2D eigenvalue weighted by molar-refractivity contribution is 5.25. The van der Waals surface area contributed by atoms with E-state index < -0.39 is 11.8 Å². The Morgan fingerprint density at radius 2 is 1.83 bits per heavy atom. The summed E-state index contributed by atoms with van der Waals surface area (Å²) in [7, 11) is 0.